The van der Waals surface area contributed by atoms with E-state index in [9.17, 15) is 24.9 Å². The second kappa shape index (κ2) is 7.42. The van der Waals surface area contributed by atoms with E-state index in [1.807, 2.05) is 13.8 Å². The van der Waals surface area contributed by atoms with Gasteiger partial charge in [-0.3, -0.25) is 9.59 Å². The highest BCUT2D eigenvalue weighted by Gasteiger charge is 2.24. The first-order chi connectivity index (χ1) is 11.3. The quantitative estimate of drug-likeness (QED) is 0.727. The van der Waals surface area contributed by atoms with Gasteiger partial charge in [-0.05, 0) is 24.5 Å². The van der Waals surface area contributed by atoms with Gasteiger partial charge < -0.3 is 25.1 Å². The maximum atomic E-state index is 12.5. The van der Waals surface area contributed by atoms with Crippen molar-refractivity contribution in [1.29, 1.82) is 0 Å². The fraction of sp³-hybridized carbons (Fsp3) is 0.529. The van der Waals surface area contributed by atoms with Crippen molar-refractivity contribution in [3.05, 3.63) is 17.7 Å². The molecule has 1 aromatic rings. The third kappa shape index (κ3) is 4.10. The molecule has 1 aliphatic heterocycles. The number of phenolic OH excluding ortho intramolecular Hbond substituents is 3. The van der Waals surface area contributed by atoms with Gasteiger partial charge in [-0.25, -0.2) is 0 Å². The molecule has 1 fully saturated rings. The van der Waals surface area contributed by atoms with Crippen LogP contribution in [0, 0.1) is 5.92 Å². The van der Waals surface area contributed by atoms with Gasteiger partial charge in [-0.15, -0.1) is 0 Å². The molecule has 1 aromatic carbocycles. The summed E-state index contributed by atoms with van der Waals surface area (Å²) in [4.78, 5) is 28.1. The summed E-state index contributed by atoms with van der Waals surface area (Å²) < 4.78 is 0. The highest BCUT2D eigenvalue weighted by molar-refractivity contribution is 5.95. The molecule has 132 valence electrons. The molecule has 0 radical (unpaired) electrons. The summed E-state index contributed by atoms with van der Waals surface area (Å²) in [7, 11) is 0. The van der Waals surface area contributed by atoms with E-state index in [0.717, 1.165) is 12.1 Å². The van der Waals surface area contributed by atoms with Crippen molar-refractivity contribution >= 4 is 11.8 Å². The van der Waals surface area contributed by atoms with Gasteiger partial charge in [0.1, 0.15) is 0 Å². The molecule has 1 heterocycles. The summed E-state index contributed by atoms with van der Waals surface area (Å²) in [6.45, 7) is 5.96. The maximum absolute atomic E-state index is 12.5. The molecule has 0 atom stereocenters. The molecule has 1 aliphatic rings. The van der Waals surface area contributed by atoms with Crippen LogP contribution in [-0.2, 0) is 4.79 Å². The second-order valence-corrected chi connectivity index (χ2v) is 6.49. The van der Waals surface area contributed by atoms with E-state index in [0.29, 0.717) is 44.9 Å². The van der Waals surface area contributed by atoms with Crippen LogP contribution in [0.25, 0.3) is 0 Å². The highest BCUT2D eigenvalue weighted by Crippen LogP contribution is 2.35. The summed E-state index contributed by atoms with van der Waals surface area (Å²) in [6, 6.07) is 2.26. The molecular weight excluding hydrogens is 312 g/mol. The molecule has 2 amide bonds. The molecule has 3 N–H and O–H groups in total. The Morgan fingerprint density at radius 2 is 1.54 bits per heavy atom. The molecular formula is C17H24N2O5. The number of phenols is 3. The van der Waals surface area contributed by atoms with Crippen molar-refractivity contribution in [3.8, 4) is 17.2 Å². The van der Waals surface area contributed by atoms with Gasteiger partial charge in [0.25, 0.3) is 5.91 Å². The number of hydrogen-bond acceptors (Lipinski definition) is 5. The molecule has 1 saturated heterocycles. The summed E-state index contributed by atoms with van der Waals surface area (Å²) in [5.41, 5.74) is 0.102. The van der Waals surface area contributed by atoms with Crippen LogP contribution in [0.3, 0.4) is 0 Å². The first kappa shape index (κ1) is 17.9. The third-order valence-corrected chi connectivity index (χ3v) is 4.04. The average molecular weight is 336 g/mol. The Bertz CT molecular complexity index is 606. The normalized spacial score (nSPS) is 15.5. The Kier molecular flexibility index (Phi) is 5.54. The highest BCUT2D eigenvalue weighted by atomic mass is 16.3. The summed E-state index contributed by atoms with van der Waals surface area (Å²) in [5.74, 6) is -1.68. The van der Waals surface area contributed by atoms with Gasteiger partial charge in [0, 0.05) is 38.2 Å². The zero-order chi connectivity index (χ0) is 17.9. The summed E-state index contributed by atoms with van der Waals surface area (Å²) in [6.07, 6.45) is 1.17. The van der Waals surface area contributed by atoms with Gasteiger partial charge >= 0.3 is 0 Å². The predicted molar refractivity (Wildman–Crippen MR) is 88.0 cm³/mol. The molecule has 0 aromatic heterocycles. The largest absolute Gasteiger partial charge is 0.504 e. The molecule has 0 spiro atoms. The molecule has 24 heavy (non-hydrogen) atoms. The van der Waals surface area contributed by atoms with E-state index in [1.165, 1.54) is 0 Å². The van der Waals surface area contributed by atoms with Crippen molar-refractivity contribution in [3.63, 3.8) is 0 Å². The molecule has 0 saturated carbocycles. The Labute approximate surface area is 141 Å². The van der Waals surface area contributed by atoms with Gasteiger partial charge in [-0.2, -0.15) is 0 Å². The number of rotatable bonds is 3. The zero-order valence-corrected chi connectivity index (χ0v) is 14.0. The maximum Gasteiger partial charge on any atom is 0.254 e. The van der Waals surface area contributed by atoms with Crippen LogP contribution in [0.2, 0.25) is 0 Å². The second-order valence-electron chi connectivity index (χ2n) is 6.49. The standard InChI is InChI=1S/C17H24N2O5/c1-11(2)8-15(22)18-4-3-5-19(7-6-18)17(24)12-9-13(20)16(23)14(21)10-12/h9-11,20-21,23H,3-8H2,1-2H3. The minimum Gasteiger partial charge on any atom is -0.504 e. The van der Waals surface area contributed by atoms with Crippen LogP contribution in [0.1, 0.15) is 37.0 Å². The van der Waals surface area contributed by atoms with Crippen molar-refractivity contribution in [1.82, 2.24) is 9.80 Å². The van der Waals surface area contributed by atoms with Crippen LogP contribution in [-0.4, -0.2) is 63.1 Å². The van der Waals surface area contributed by atoms with Crippen LogP contribution in [0.4, 0.5) is 0 Å². The topological polar surface area (TPSA) is 101 Å². The first-order valence-corrected chi connectivity index (χ1v) is 8.11. The number of aromatic hydroxyl groups is 3. The van der Waals surface area contributed by atoms with E-state index >= 15 is 0 Å². The van der Waals surface area contributed by atoms with E-state index < -0.39 is 17.2 Å². The van der Waals surface area contributed by atoms with Crippen molar-refractivity contribution < 1.29 is 24.9 Å². The lowest BCUT2D eigenvalue weighted by Crippen LogP contribution is -2.37. The first-order valence-electron chi connectivity index (χ1n) is 8.11. The Morgan fingerprint density at radius 3 is 2.12 bits per heavy atom. The van der Waals surface area contributed by atoms with Gasteiger partial charge in [0.05, 0.1) is 0 Å². The third-order valence-electron chi connectivity index (χ3n) is 4.04. The number of amides is 2. The predicted octanol–water partition coefficient (Wildman–Crippen LogP) is 1.52. The van der Waals surface area contributed by atoms with E-state index in [4.69, 9.17) is 0 Å². The number of carbonyl (C=O) groups is 2. The molecule has 0 unspecified atom stereocenters. The summed E-state index contributed by atoms with van der Waals surface area (Å²) >= 11 is 0. The number of hydrogen-bond donors (Lipinski definition) is 3. The van der Waals surface area contributed by atoms with E-state index in [1.54, 1.807) is 9.80 Å². The van der Waals surface area contributed by atoms with Gasteiger partial charge in [-0.1, -0.05) is 13.8 Å². The van der Waals surface area contributed by atoms with Gasteiger partial charge in [0.15, 0.2) is 17.2 Å². The molecule has 0 aliphatic carbocycles. The van der Waals surface area contributed by atoms with Crippen LogP contribution < -0.4 is 0 Å². The lowest BCUT2D eigenvalue weighted by atomic mass is 10.1. The number of carbonyl (C=O) groups excluding carboxylic acids is 2. The average Bonchev–Trinajstić information content (AvgIpc) is 2.76. The Hall–Kier alpha value is -2.44. The van der Waals surface area contributed by atoms with Crippen LogP contribution in [0.5, 0.6) is 17.2 Å². The van der Waals surface area contributed by atoms with Crippen LogP contribution in [0.15, 0.2) is 12.1 Å². The van der Waals surface area contributed by atoms with Crippen molar-refractivity contribution in [2.75, 3.05) is 26.2 Å². The summed E-state index contributed by atoms with van der Waals surface area (Å²) in [5, 5.41) is 28.5. The fourth-order valence-corrected chi connectivity index (χ4v) is 2.76. The Morgan fingerprint density at radius 1 is 1.00 bits per heavy atom. The molecule has 7 heteroatoms. The minimum absolute atomic E-state index is 0.0965. The van der Waals surface area contributed by atoms with Crippen LogP contribution >= 0.6 is 0 Å². The molecule has 7 nitrogen and oxygen atoms in total. The number of benzene rings is 1. The van der Waals surface area contributed by atoms with E-state index in [2.05, 4.69) is 0 Å². The molecule has 0 bridgehead atoms. The van der Waals surface area contributed by atoms with E-state index in [-0.39, 0.29) is 17.4 Å². The smallest absolute Gasteiger partial charge is 0.254 e. The lowest BCUT2D eigenvalue weighted by molar-refractivity contribution is -0.131. The van der Waals surface area contributed by atoms with Crippen molar-refractivity contribution in [2.45, 2.75) is 26.7 Å². The lowest BCUT2D eigenvalue weighted by Gasteiger charge is -2.23. The van der Waals surface area contributed by atoms with Crippen molar-refractivity contribution in [2.24, 2.45) is 5.92 Å². The molecule has 2 rings (SSSR count). The fourth-order valence-electron chi connectivity index (χ4n) is 2.76. The SMILES string of the molecule is CC(C)CC(=O)N1CCCN(C(=O)c2cc(O)c(O)c(O)c2)CC1. The monoisotopic (exact) mass is 336 g/mol. The zero-order valence-electron chi connectivity index (χ0n) is 14.0. The van der Waals surface area contributed by atoms with Gasteiger partial charge in [0.2, 0.25) is 5.91 Å². The number of nitrogens with zero attached hydrogens (tertiary/aromatic N) is 2. The Balaban J connectivity index is 2.06. The minimum atomic E-state index is -0.645.